The number of alkyl halides is 2. The van der Waals surface area contributed by atoms with E-state index in [4.69, 9.17) is 4.98 Å². The molecule has 7 heterocycles. The Morgan fingerprint density at radius 3 is 2.54 bits per heavy atom. The van der Waals surface area contributed by atoms with Crippen molar-refractivity contribution in [3.05, 3.63) is 94.4 Å². The maximum Gasteiger partial charge on any atom is 0.257 e. The summed E-state index contributed by atoms with van der Waals surface area (Å²) in [7, 11) is 0. The van der Waals surface area contributed by atoms with Crippen LogP contribution < -0.4 is 15.1 Å². The van der Waals surface area contributed by atoms with Crippen LogP contribution in [0.25, 0.3) is 10.9 Å². The zero-order chi connectivity index (χ0) is 41.2. The number of hydrogen-bond donors (Lipinski definition) is 2. The quantitative estimate of drug-likeness (QED) is 0.190. The van der Waals surface area contributed by atoms with Crippen LogP contribution in [0.1, 0.15) is 97.1 Å². The molecule has 3 saturated heterocycles. The number of amides is 2. The third kappa shape index (κ3) is 7.60. The number of hydrogen-bond acceptors (Lipinski definition) is 8. The first kappa shape index (κ1) is 39.6. The third-order valence-corrected chi connectivity index (χ3v) is 13.8. The number of nitrogens with one attached hydrogen (secondary N) is 2. The Labute approximate surface area is 345 Å². The molecule has 9 rings (SSSR count). The molecule has 11 nitrogen and oxygen atoms in total. The van der Waals surface area contributed by atoms with Gasteiger partial charge in [0.15, 0.2) is 0 Å². The first-order valence-electron chi connectivity index (χ1n) is 21.6. The zero-order valence-electron chi connectivity index (χ0n) is 34.8. The number of aromatic amines is 1. The van der Waals surface area contributed by atoms with Crippen molar-refractivity contribution in [1.82, 2.24) is 35.2 Å². The van der Waals surface area contributed by atoms with Gasteiger partial charge in [0.2, 0.25) is 5.91 Å². The van der Waals surface area contributed by atoms with E-state index in [2.05, 4.69) is 81.0 Å². The molecule has 0 saturated carbocycles. The molecule has 2 aromatic carbocycles. The summed E-state index contributed by atoms with van der Waals surface area (Å²) in [5.41, 5.74) is 8.91. The highest BCUT2D eigenvalue weighted by Crippen LogP contribution is 2.42. The lowest BCUT2D eigenvalue weighted by molar-refractivity contribution is -0.121. The van der Waals surface area contributed by atoms with Crippen LogP contribution in [0.5, 0.6) is 0 Å². The minimum absolute atomic E-state index is 0.0260. The number of halogens is 2. The summed E-state index contributed by atoms with van der Waals surface area (Å²) in [5.74, 6) is -1.28. The monoisotopic (exact) mass is 805 g/mol. The summed E-state index contributed by atoms with van der Waals surface area (Å²) in [5, 5.41) is 11.2. The molecule has 0 radical (unpaired) electrons. The van der Waals surface area contributed by atoms with E-state index in [1.165, 1.54) is 11.3 Å². The average molecular weight is 806 g/mol. The van der Waals surface area contributed by atoms with E-state index in [0.717, 1.165) is 110 Å². The molecule has 2 aromatic heterocycles. The standard InChI is InChI=1S/C46H57F2N9O2/c1-6-34-26-53(17-18-55(34)41-21-33-25-56(45(59)36(33)19-28(41)2)40-10-12-43(58)51-30(40)4)24-31-13-15-54(16-14-31)42-11-7-32(22-49-42)44-35-8-9-39-38(23-50-52-39)37(35)20-29(3)57(44)27-46(5,47)48/h7-9,11,19,21-23,29,31,34,40,44H,4,6,10,12-18,20,24-27H2,1-3,5H3,(H,50,52)(H,51,58)/t29-,34?,40+,44?/m1/s1. The van der Waals surface area contributed by atoms with Gasteiger partial charge in [0, 0.05) is 99.8 Å². The molecule has 5 aliphatic heterocycles. The van der Waals surface area contributed by atoms with Gasteiger partial charge in [-0.1, -0.05) is 25.6 Å². The Morgan fingerprint density at radius 2 is 1.81 bits per heavy atom. The van der Waals surface area contributed by atoms with Gasteiger partial charge in [-0.2, -0.15) is 5.10 Å². The molecule has 0 bridgehead atoms. The fraction of sp³-hybridized carbons (Fsp3) is 0.522. The van der Waals surface area contributed by atoms with Crippen molar-refractivity contribution in [2.24, 2.45) is 5.92 Å². The number of H-pyrrole nitrogens is 1. The highest BCUT2D eigenvalue weighted by molar-refractivity contribution is 6.00. The first-order valence-corrected chi connectivity index (χ1v) is 21.6. The van der Waals surface area contributed by atoms with Crippen molar-refractivity contribution in [2.45, 2.75) is 103 Å². The normalized spacial score (nSPS) is 24.8. The van der Waals surface area contributed by atoms with Crippen LogP contribution in [0.3, 0.4) is 0 Å². The largest absolute Gasteiger partial charge is 0.366 e. The number of anilines is 2. The number of aryl methyl sites for hydroxylation is 1. The number of carbonyl (C=O) groups is 2. The van der Waals surface area contributed by atoms with Crippen LogP contribution in [0, 0.1) is 12.8 Å². The predicted molar refractivity (Wildman–Crippen MR) is 227 cm³/mol. The molecule has 2 amide bonds. The number of carbonyl (C=O) groups excluding carboxylic acids is 2. The molecule has 2 N–H and O–H groups in total. The van der Waals surface area contributed by atoms with E-state index in [-0.39, 0.29) is 36.5 Å². The van der Waals surface area contributed by atoms with Gasteiger partial charge < -0.3 is 20.0 Å². The number of pyridine rings is 1. The lowest BCUT2D eigenvalue weighted by atomic mass is 9.83. The van der Waals surface area contributed by atoms with Crippen LogP contribution in [-0.2, 0) is 17.8 Å². The van der Waals surface area contributed by atoms with Crippen LogP contribution in [0.15, 0.2) is 61.1 Å². The number of nitrogens with zero attached hydrogens (tertiary/aromatic N) is 7. The van der Waals surface area contributed by atoms with E-state index < -0.39 is 5.92 Å². The average Bonchev–Trinajstić information content (AvgIpc) is 3.82. The summed E-state index contributed by atoms with van der Waals surface area (Å²) >= 11 is 0. The van der Waals surface area contributed by atoms with Gasteiger partial charge in [-0.15, -0.1) is 0 Å². The van der Waals surface area contributed by atoms with Crippen LogP contribution >= 0.6 is 0 Å². The Balaban J connectivity index is 0.823. The number of fused-ring (bicyclic) bond motifs is 4. The van der Waals surface area contributed by atoms with Crippen molar-refractivity contribution in [1.29, 1.82) is 0 Å². The molecule has 0 aliphatic carbocycles. The van der Waals surface area contributed by atoms with Gasteiger partial charge >= 0.3 is 0 Å². The fourth-order valence-electron chi connectivity index (χ4n) is 10.7. The lowest BCUT2D eigenvalue weighted by Gasteiger charge is -2.45. The molecule has 5 aliphatic rings. The number of aromatic nitrogens is 3. The first-order chi connectivity index (χ1) is 28.3. The summed E-state index contributed by atoms with van der Waals surface area (Å²) in [6.45, 7) is 17.6. The highest BCUT2D eigenvalue weighted by atomic mass is 19.3. The minimum atomic E-state index is -2.83. The predicted octanol–water partition coefficient (Wildman–Crippen LogP) is 6.82. The number of rotatable bonds is 9. The molecular formula is C46H57F2N9O2. The second-order valence-corrected chi connectivity index (χ2v) is 17.9. The molecule has 312 valence electrons. The van der Waals surface area contributed by atoms with Crippen LogP contribution in [0.2, 0.25) is 0 Å². The smallest absolute Gasteiger partial charge is 0.257 e. The Kier molecular flexibility index (Phi) is 10.5. The topological polar surface area (TPSA) is 104 Å². The maximum absolute atomic E-state index is 14.6. The summed E-state index contributed by atoms with van der Waals surface area (Å²) in [4.78, 5) is 41.8. The summed E-state index contributed by atoms with van der Waals surface area (Å²) < 4.78 is 29.2. The molecule has 59 heavy (non-hydrogen) atoms. The van der Waals surface area contributed by atoms with Gasteiger partial charge in [0.05, 0.1) is 30.3 Å². The summed E-state index contributed by atoms with van der Waals surface area (Å²) in [6, 6.07) is 12.4. The molecule has 0 spiro atoms. The van der Waals surface area contributed by atoms with Gasteiger partial charge in [-0.3, -0.25) is 24.5 Å². The van der Waals surface area contributed by atoms with Crippen molar-refractivity contribution < 1.29 is 18.4 Å². The zero-order valence-corrected chi connectivity index (χ0v) is 34.8. The van der Waals surface area contributed by atoms with Gasteiger partial charge in [-0.25, -0.2) is 13.8 Å². The number of benzene rings is 2. The van der Waals surface area contributed by atoms with E-state index >= 15 is 0 Å². The van der Waals surface area contributed by atoms with Crippen molar-refractivity contribution in [3.8, 4) is 0 Å². The maximum atomic E-state index is 14.6. The van der Waals surface area contributed by atoms with Gasteiger partial charge in [0.25, 0.3) is 11.8 Å². The molecule has 4 aromatic rings. The Bertz CT molecular complexity index is 2240. The summed E-state index contributed by atoms with van der Waals surface area (Å²) in [6.07, 6.45) is 8.69. The fourth-order valence-corrected chi connectivity index (χ4v) is 10.7. The van der Waals surface area contributed by atoms with Crippen molar-refractivity contribution in [3.63, 3.8) is 0 Å². The van der Waals surface area contributed by atoms with Gasteiger partial charge in [-0.05, 0) is 104 Å². The molecule has 13 heteroatoms. The van der Waals surface area contributed by atoms with Crippen LogP contribution in [-0.4, -0.2) is 112 Å². The number of piperazine rings is 1. The second-order valence-electron chi connectivity index (χ2n) is 17.9. The second kappa shape index (κ2) is 15.6. The molecule has 4 atom stereocenters. The third-order valence-electron chi connectivity index (χ3n) is 13.8. The van der Waals surface area contributed by atoms with E-state index in [1.54, 1.807) is 0 Å². The van der Waals surface area contributed by atoms with E-state index in [1.807, 2.05) is 35.2 Å². The van der Waals surface area contributed by atoms with Crippen molar-refractivity contribution >= 4 is 34.2 Å². The van der Waals surface area contributed by atoms with Crippen LogP contribution in [0.4, 0.5) is 20.3 Å². The molecule has 2 unspecified atom stereocenters. The van der Waals surface area contributed by atoms with Gasteiger partial charge in [0.1, 0.15) is 5.82 Å². The highest BCUT2D eigenvalue weighted by Gasteiger charge is 2.40. The Morgan fingerprint density at radius 1 is 1.00 bits per heavy atom. The van der Waals surface area contributed by atoms with Crippen molar-refractivity contribution in [2.75, 3.05) is 55.6 Å². The molecular weight excluding hydrogens is 749 g/mol. The van der Waals surface area contributed by atoms with E-state index in [0.29, 0.717) is 43.5 Å². The lowest BCUT2D eigenvalue weighted by Crippen LogP contribution is -2.54. The van der Waals surface area contributed by atoms with E-state index in [9.17, 15) is 18.4 Å². The Hall–Kier alpha value is -4.88. The molecule has 3 fully saturated rings. The minimum Gasteiger partial charge on any atom is -0.366 e. The number of piperidine rings is 2. The SMILES string of the molecule is C=C1NC(=O)CC[C@@H]1N1Cc2cc(N3CCN(CC4CCN(c5ccc(C6c7ccc8[nH]ncc8c7C[C@@H](C)N6CC(C)(F)F)cn5)CC4)CC3CC)c(C)cc2C1=O.